The molecule has 0 atom stereocenters. The van der Waals surface area contributed by atoms with Crippen LogP contribution in [0.1, 0.15) is 28.5 Å². The molecule has 146 valence electrons. The first-order valence-corrected chi connectivity index (χ1v) is 8.91. The van der Waals surface area contributed by atoms with E-state index in [-0.39, 0.29) is 5.56 Å². The van der Waals surface area contributed by atoms with Crippen LogP contribution in [0.2, 0.25) is 0 Å². The lowest BCUT2D eigenvalue weighted by molar-refractivity contribution is -0.119. The van der Waals surface area contributed by atoms with Crippen LogP contribution < -0.4 is 10.7 Å². The van der Waals surface area contributed by atoms with E-state index in [0.717, 1.165) is 5.69 Å². The van der Waals surface area contributed by atoms with Gasteiger partial charge >= 0.3 is 5.97 Å². The average Bonchev–Trinajstić information content (AvgIpc) is 2.72. The first-order chi connectivity index (χ1) is 13.9. The Kier molecular flexibility index (Phi) is 5.69. The zero-order valence-electron chi connectivity index (χ0n) is 15.9. The molecule has 29 heavy (non-hydrogen) atoms. The fourth-order valence-electron chi connectivity index (χ4n) is 2.82. The molecule has 1 amide bonds. The molecule has 0 radical (unpaired) electrons. The van der Waals surface area contributed by atoms with E-state index < -0.39 is 23.9 Å². The van der Waals surface area contributed by atoms with Gasteiger partial charge in [0.05, 0.1) is 17.0 Å². The molecule has 8 nitrogen and oxygen atoms in total. The van der Waals surface area contributed by atoms with Crippen LogP contribution in [0.15, 0.2) is 47.4 Å². The van der Waals surface area contributed by atoms with Gasteiger partial charge < -0.3 is 14.6 Å². The number of aryl methyl sites for hydroxylation is 2. The van der Waals surface area contributed by atoms with E-state index in [1.807, 2.05) is 19.9 Å². The lowest BCUT2D eigenvalue weighted by atomic mass is 10.2. The predicted molar refractivity (Wildman–Crippen MR) is 106 cm³/mol. The fourth-order valence-corrected chi connectivity index (χ4v) is 2.82. The van der Waals surface area contributed by atoms with Crippen molar-refractivity contribution in [3.63, 3.8) is 0 Å². The highest BCUT2D eigenvalue weighted by Crippen LogP contribution is 2.12. The van der Waals surface area contributed by atoms with E-state index in [1.54, 1.807) is 34.9 Å². The molecule has 0 fully saturated rings. The molecule has 0 aliphatic rings. The van der Waals surface area contributed by atoms with Crippen molar-refractivity contribution in [3.8, 4) is 6.07 Å². The number of fused-ring (bicyclic) bond motifs is 1. The minimum Gasteiger partial charge on any atom is -0.452 e. The van der Waals surface area contributed by atoms with Crippen molar-refractivity contribution in [2.45, 2.75) is 20.4 Å². The molecule has 3 rings (SSSR count). The maximum absolute atomic E-state index is 12.7. The summed E-state index contributed by atoms with van der Waals surface area (Å²) in [6.45, 7) is 3.62. The lowest BCUT2D eigenvalue weighted by Gasteiger charge is -2.11. The molecule has 2 aromatic heterocycles. The van der Waals surface area contributed by atoms with Crippen molar-refractivity contribution in [1.82, 2.24) is 9.55 Å². The first-order valence-electron chi connectivity index (χ1n) is 8.91. The van der Waals surface area contributed by atoms with Crippen molar-refractivity contribution < 1.29 is 14.3 Å². The number of amides is 1. The topological polar surface area (TPSA) is 114 Å². The Morgan fingerprint density at radius 1 is 1.28 bits per heavy atom. The third-order valence-corrected chi connectivity index (χ3v) is 4.23. The number of benzene rings is 1. The second-order valence-electron chi connectivity index (χ2n) is 6.30. The number of esters is 1. The van der Waals surface area contributed by atoms with Crippen LogP contribution in [0.5, 0.6) is 0 Å². The van der Waals surface area contributed by atoms with Gasteiger partial charge in [-0.3, -0.25) is 9.59 Å². The van der Waals surface area contributed by atoms with Crippen LogP contribution in [0.3, 0.4) is 0 Å². The van der Waals surface area contributed by atoms with Gasteiger partial charge in [0.15, 0.2) is 6.61 Å². The number of aromatic nitrogens is 2. The molecule has 0 aliphatic carbocycles. The van der Waals surface area contributed by atoms with Crippen molar-refractivity contribution in [1.29, 1.82) is 5.26 Å². The zero-order chi connectivity index (χ0) is 21.0. The number of nitrogens with zero attached hydrogens (tertiary/aromatic N) is 3. The number of hydrogen-bond acceptors (Lipinski definition) is 6. The summed E-state index contributed by atoms with van der Waals surface area (Å²) in [5.74, 6) is -1.47. The molecule has 0 saturated carbocycles. The number of carbonyl (C=O) groups is 2. The summed E-state index contributed by atoms with van der Waals surface area (Å²) in [6.07, 6.45) is 1.40. The van der Waals surface area contributed by atoms with Crippen molar-refractivity contribution in [3.05, 3.63) is 69.6 Å². The highest BCUT2D eigenvalue weighted by molar-refractivity contribution is 5.96. The van der Waals surface area contributed by atoms with Gasteiger partial charge in [-0.2, -0.15) is 5.26 Å². The van der Waals surface area contributed by atoms with E-state index in [1.165, 1.54) is 12.3 Å². The summed E-state index contributed by atoms with van der Waals surface area (Å²) in [5.41, 5.74) is 1.38. The van der Waals surface area contributed by atoms with Gasteiger partial charge in [0.2, 0.25) is 5.43 Å². The Labute approximate surface area is 166 Å². The number of hydrogen-bond donors (Lipinski definition) is 1. The Balaban J connectivity index is 1.77. The molecule has 2 heterocycles. The van der Waals surface area contributed by atoms with Crippen molar-refractivity contribution >= 4 is 28.6 Å². The third kappa shape index (κ3) is 4.30. The molecule has 3 aromatic rings. The van der Waals surface area contributed by atoms with Gasteiger partial charge in [-0.1, -0.05) is 6.07 Å². The Morgan fingerprint density at radius 2 is 2.07 bits per heavy atom. The zero-order valence-corrected chi connectivity index (χ0v) is 15.9. The van der Waals surface area contributed by atoms with Crippen LogP contribution in [-0.2, 0) is 16.1 Å². The Hall–Kier alpha value is -3.99. The van der Waals surface area contributed by atoms with Gasteiger partial charge in [-0.25, -0.2) is 9.78 Å². The molecule has 1 N–H and O–H groups in total. The van der Waals surface area contributed by atoms with E-state index in [4.69, 9.17) is 10.00 Å². The summed E-state index contributed by atoms with van der Waals surface area (Å²) in [4.78, 5) is 41.5. The van der Waals surface area contributed by atoms with Crippen molar-refractivity contribution in [2.24, 2.45) is 0 Å². The molecule has 0 bridgehead atoms. The van der Waals surface area contributed by atoms with E-state index in [2.05, 4.69) is 10.3 Å². The summed E-state index contributed by atoms with van der Waals surface area (Å²) in [7, 11) is 0. The minimum atomic E-state index is -0.888. The standard InChI is InChI=1S/C21H18N4O4/c1-3-25-11-17(19(27)16-8-7-13(2)23-20(16)25)21(28)29-12-18(26)24-15-6-4-5-14(9-15)10-22/h4-9,11H,3,12H2,1-2H3,(H,24,26). The second kappa shape index (κ2) is 8.35. The third-order valence-electron chi connectivity index (χ3n) is 4.23. The fraction of sp³-hybridized carbons (Fsp3) is 0.190. The molecular weight excluding hydrogens is 372 g/mol. The summed E-state index contributed by atoms with van der Waals surface area (Å²) in [6, 6.07) is 11.6. The van der Waals surface area contributed by atoms with E-state index in [9.17, 15) is 14.4 Å². The average molecular weight is 390 g/mol. The molecule has 0 saturated heterocycles. The number of carbonyl (C=O) groups excluding carboxylic acids is 2. The minimum absolute atomic E-state index is 0.163. The second-order valence-corrected chi connectivity index (χ2v) is 6.30. The van der Waals surface area contributed by atoms with Gasteiger partial charge in [-0.15, -0.1) is 0 Å². The number of nitriles is 1. The number of pyridine rings is 2. The normalized spacial score (nSPS) is 10.4. The first kappa shape index (κ1) is 19.8. The molecule has 8 heteroatoms. The monoisotopic (exact) mass is 390 g/mol. The summed E-state index contributed by atoms with van der Waals surface area (Å²) >= 11 is 0. The molecule has 0 aliphatic heterocycles. The van der Waals surface area contributed by atoms with Crippen LogP contribution in [0.4, 0.5) is 5.69 Å². The smallest absolute Gasteiger partial charge is 0.344 e. The lowest BCUT2D eigenvalue weighted by Crippen LogP contribution is -2.25. The number of rotatable bonds is 5. The highest BCUT2D eigenvalue weighted by atomic mass is 16.5. The number of ether oxygens (including phenoxy) is 1. The van der Waals surface area contributed by atoms with Crippen LogP contribution in [-0.4, -0.2) is 28.0 Å². The SMILES string of the molecule is CCn1cc(C(=O)OCC(=O)Nc2cccc(C#N)c2)c(=O)c2ccc(C)nc21. The van der Waals surface area contributed by atoms with E-state index in [0.29, 0.717) is 28.8 Å². The van der Waals surface area contributed by atoms with Crippen LogP contribution >= 0.6 is 0 Å². The van der Waals surface area contributed by atoms with Gasteiger partial charge in [0.25, 0.3) is 5.91 Å². The van der Waals surface area contributed by atoms with Crippen LogP contribution in [0, 0.1) is 18.3 Å². The molecule has 0 spiro atoms. The highest BCUT2D eigenvalue weighted by Gasteiger charge is 2.18. The molecule has 0 unspecified atom stereocenters. The molecule has 1 aromatic carbocycles. The summed E-state index contributed by atoms with van der Waals surface area (Å²) in [5, 5.41) is 11.7. The Morgan fingerprint density at radius 3 is 2.79 bits per heavy atom. The van der Waals surface area contributed by atoms with Gasteiger partial charge in [-0.05, 0) is 44.2 Å². The Bertz CT molecular complexity index is 1210. The maximum Gasteiger partial charge on any atom is 0.344 e. The van der Waals surface area contributed by atoms with Crippen LogP contribution in [0.25, 0.3) is 11.0 Å². The quantitative estimate of drug-likeness (QED) is 0.669. The van der Waals surface area contributed by atoms with Gasteiger partial charge in [0, 0.05) is 24.1 Å². The molecular formula is C21H18N4O4. The van der Waals surface area contributed by atoms with E-state index >= 15 is 0 Å². The van der Waals surface area contributed by atoms with Crippen molar-refractivity contribution in [2.75, 3.05) is 11.9 Å². The largest absolute Gasteiger partial charge is 0.452 e. The maximum atomic E-state index is 12.7. The van der Waals surface area contributed by atoms with Gasteiger partial charge in [0.1, 0.15) is 11.2 Å². The number of nitrogens with one attached hydrogen (secondary N) is 1. The predicted octanol–water partition coefficient (Wildman–Crippen LogP) is 2.39. The summed E-state index contributed by atoms with van der Waals surface area (Å²) < 4.78 is 6.71. The number of anilines is 1.